The molecule has 1 aromatic carbocycles. The third kappa shape index (κ3) is 2.12. The molecule has 1 aliphatic rings. The summed E-state index contributed by atoms with van der Waals surface area (Å²) in [7, 11) is -0.383. The van der Waals surface area contributed by atoms with E-state index in [2.05, 4.69) is 4.98 Å². The minimum absolute atomic E-state index is 0.348. The monoisotopic (exact) mass is 289 g/mol. The zero-order valence-corrected chi connectivity index (χ0v) is 12.9. The summed E-state index contributed by atoms with van der Waals surface area (Å²) in [5, 5.41) is 2.54. The van der Waals surface area contributed by atoms with Crippen LogP contribution in [0, 0.1) is 0 Å². The molecule has 2 heterocycles. The van der Waals surface area contributed by atoms with Gasteiger partial charge in [-0.05, 0) is 50.0 Å². The molecule has 0 N–H and O–H groups in total. The number of halogens is 1. The first kappa shape index (κ1) is 13.9. The number of rotatable bonds is 1. The summed E-state index contributed by atoms with van der Waals surface area (Å²) < 4.78 is 12.2. The summed E-state index contributed by atoms with van der Waals surface area (Å²) in [6, 6.07) is 7.86. The first-order valence-corrected chi connectivity index (χ1v) is 7.08. The Labute approximate surface area is 124 Å². The van der Waals surface area contributed by atoms with Crippen LogP contribution in [0.1, 0.15) is 27.7 Å². The fourth-order valence-corrected chi connectivity index (χ4v) is 2.51. The van der Waals surface area contributed by atoms with Gasteiger partial charge in [0.05, 0.1) is 11.2 Å². The molecule has 2 aromatic rings. The minimum Gasteiger partial charge on any atom is -0.399 e. The SMILES string of the molecule is CC1(C)OB(c2cccc3cc(Cl)ncc23)OC1(C)C. The highest BCUT2D eigenvalue weighted by molar-refractivity contribution is 6.65. The average Bonchev–Trinajstić information content (AvgIpc) is 2.57. The van der Waals surface area contributed by atoms with E-state index >= 15 is 0 Å². The van der Waals surface area contributed by atoms with E-state index in [0.29, 0.717) is 5.15 Å². The Morgan fingerprint density at radius 3 is 2.40 bits per heavy atom. The topological polar surface area (TPSA) is 31.4 Å². The Morgan fingerprint density at radius 2 is 1.75 bits per heavy atom. The van der Waals surface area contributed by atoms with E-state index in [1.54, 1.807) is 6.20 Å². The van der Waals surface area contributed by atoms with Gasteiger partial charge < -0.3 is 9.31 Å². The smallest absolute Gasteiger partial charge is 0.399 e. The van der Waals surface area contributed by atoms with Gasteiger partial charge in [-0.2, -0.15) is 0 Å². The summed E-state index contributed by atoms with van der Waals surface area (Å²) in [5.41, 5.74) is 0.296. The third-order valence-corrected chi connectivity index (χ3v) is 4.48. The second kappa shape index (κ2) is 4.45. The van der Waals surface area contributed by atoms with Crippen LogP contribution in [0.5, 0.6) is 0 Å². The Kier molecular flexibility index (Phi) is 3.09. The van der Waals surface area contributed by atoms with Gasteiger partial charge in [-0.3, -0.25) is 0 Å². The lowest BCUT2D eigenvalue weighted by Crippen LogP contribution is -2.41. The molecule has 5 heteroatoms. The molecule has 0 atom stereocenters. The molecule has 0 aliphatic carbocycles. The van der Waals surface area contributed by atoms with Crippen molar-refractivity contribution in [3.63, 3.8) is 0 Å². The van der Waals surface area contributed by atoms with Gasteiger partial charge in [-0.25, -0.2) is 4.98 Å². The number of hydrogen-bond acceptors (Lipinski definition) is 3. The average molecular weight is 290 g/mol. The fraction of sp³-hybridized carbons (Fsp3) is 0.400. The van der Waals surface area contributed by atoms with E-state index in [1.807, 2.05) is 52.0 Å². The molecule has 1 fully saturated rings. The van der Waals surface area contributed by atoms with E-state index in [-0.39, 0.29) is 18.3 Å². The Hall–Kier alpha value is -1.10. The largest absolute Gasteiger partial charge is 0.495 e. The molecule has 1 aromatic heterocycles. The van der Waals surface area contributed by atoms with Gasteiger partial charge in [0.25, 0.3) is 0 Å². The molecule has 104 valence electrons. The molecular weight excluding hydrogens is 272 g/mol. The van der Waals surface area contributed by atoms with Crippen LogP contribution in [0.3, 0.4) is 0 Å². The highest BCUT2D eigenvalue weighted by Crippen LogP contribution is 2.37. The van der Waals surface area contributed by atoms with E-state index in [1.165, 1.54) is 0 Å². The van der Waals surface area contributed by atoms with E-state index in [9.17, 15) is 0 Å². The number of hydrogen-bond donors (Lipinski definition) is 0. The van der Waals surface area contributed by atoms with Crippen LogP contribution in [0.15, 0.2) is 30.5 Å². The molecule has 3 nitrogen and oxygen atoms in total. The molecule has 0 amide bonds. The van der Waals surface area contributed by atoms with Crippen LogP contribution in [0.4, 0.5) is 0 Å². The Bertz CT molecular complexity index is 656. The van der Waals surface area contributed by atoms with Crippen molar-refractivity contribution in [1.29, 1.82) is 0 Å². The highest BCUT2D eigenvalue weighted by Gasteiger charge is 2.52. The van der Waals surface area contributed by atoms with Gasteiger partial charge in [0.1, 0.15) is 5.15 Å². The van der Waals surface area contributed by atoms with Crippen molar-refractivity contribution in [2.75, 3.05) is 0 Å². The second-order valence-corrected chi connectivity index (χ2v) is 6.55. The summed E-state index contributed by atoms with van der Waals surface area (Å²) in [6.07, 6.45) is 1.78. The lowest BCUT2D eigenvalue weighted by Gasteiger charge is -2.32. The zero-order valence-electron chi connectivity index (χ0n) is 12.1. The molecule has 0 radical (unpaired) electrons. The van der Waals surface area contributed by atoms with Crippen LogP contribution in [-0.2, 0) is 9.31 Å². The Balaban J connectivity index is 2.08. The van der Waals surface area contributed by atoms with Crippen LogP contribution in [-0.4, -0.2) is 23.3 Å². The molecular formula is C15H17BClNO2. The van der Waals surface area contributed by atoms with Gasteiger partial charge in [-0.1, -0.05) is 29.8 Å². The molecule has 3 rings (SSSR count). The van der Waals surface area contributed by atoms with Gasteiger partial charge in [0.2, 0.25) is 0 Å². The van der Waals surface area contributed by atoms with Crippen molar-refractivity contribution < 1.29 is 9.31 Å². The normalized spacial score (nSPS) is 20.6. The molecule has 0 bridgehead atoms. The first-order valence-electron chi connectivity index (χ1n) is 6.70. The summed E-state index contributed by atoms with van der Waals surface area (Å²) in [6.45, 7) is 8.20. The second-order valence-electron chi connectivity index (χ2n) is 6.16. The Morgan fingerprint density at radius 1 is 1.10 bits per heavy atom. The van der Waals surface area contributed by atoms with Crippen LogP contribution in [0.2, 0.25) is 5.15 Å². The summed E-state index contributed by atoms with van der Waals surface area (Å²) in [4.78, 5) is 4.17. The zero-order chi connectivity index (χ0) is 14.5. The fourth-order valence-electron chi connectivity index (χ4n) is 2.34. The highest BCUT2D eigenvalue weighted by atomic mass is 35.5. The van der Waals surface area contributed by atoms with Crippen molar-refractivity contribution in [2.45, 2.75) is 38.9 Å². The maximum Gasteiger partial charge on any atom is 0.495 e. The van der Waals surface area contributed by atoms with Crippen LogP contribution >= 0.6 is 11.6 Å². The van der Waals surface area contributed by atoms with Gasteiger partial charge >= 0.3 is 7.12 Å². The molecule has 1 saturated heterocycles. The van der Waals surface area contributed by atoms with Gasteiger partial charge in [0.15, 0.2) is 0 Å². The van der Waals surface area contributed by atoms with E-state index in [4.69, 9.17) is 20.9 Å². The predicted molar refractivity (Wildman–Crippen MR) is 82.5 cm³/mol. The number of nitrogens with zero attached hydrogens (tertiary/aromatic N) is 1. The molecule has 0 unspecified atom stereocenters. The molecule has 0 saturated carbocycles. The third-order valence-electron chi connectivity index (χ3n) is 4.27. The lowest BCUT2D eigenvalue weighted by molar-refractivity contribution is 0.00578. The number of pyridine rings is 1. The van der Waals surface area contributed by atoms with Crippen molar-refractivity contribution in [2.24, 2.45) is 0 Å². The minimum atomic E-state index is -0.383. The number of fused-ring (bicyclic) bond motifs is 1. The lowest BCUT2D eigenvalue weighted by atomic mass is 9.76. The molecule has 20 heavy (non-hydrogen) atoms. The first-order chi connectivity index (χ1) is 9.30. The molecule has 1 aliphatic heterocycles. The van der Waals surface area contributed by atoms with Crippen molar-refractivity contribution >= 4 is 35.0 Å². The summed E-state index contributed by atoms with van der Waals surface area (Å²) in [5.74, 6) is 0. The van der Waals surface area contributed by atoms with Crippen LogP contribution in [0.25, 0.3) is 10.8 Å². The standard InChI is InChI=1S/C15H17BClNO2/c1-14(2)15(3,4)20-16(19-14)12-7-5-6-10-8-13(17)18-9-11(10)12/h5-9H,1-4H3. The summed E-state index contributed by atoms with van der Waals surface area (Å²) >= 11 is 5.95. The van der Waals surface area contributed by atoms with E-state index < -0.39 is 0 Å². The predicted octanol–water partition coefficient (Wildman–Crippen LogP) is 3.19. The van der Waals surface area contributed by atoms with Crippen molar-refractivity contribution in [1.82, 2.24) is 4.98 Å². The van der Waals surface area contributed by atoms with Crippen molar-refractivity contribution in [3.8, 4) is 0 Å². The maximum absolute atomic E-state index is 6.11. The van der Waals surface area contributed by atoms with Gasteiger partial charge in [0, 0.05) is 6.20 Å². The van der Waals surface area contributed by atoms with Crippen LogP contribution < -0.4 is 5.46 Å². The van der Waals surface area contributed by atoms with Gasteiger partial charge in [-0.15, -0.1) is 0 Å². The maximum atomic E-state index is 6.11. The van der Waals surface area contributed by atoms with E-state index in [0.717, 1.165) is 16.2 Å². The van der Waals surface area contributed by atoms with Crippen molar-refractivity contribution in [3.05, 3.63) is 35.6 Å². The number of aromatic nitrogens is 1. The number of benzene rings is 1. The molecule has 0 spiro atoms. The quantitative estimate of drug-likeness (QED) is 0.597.